The number of hydrogen-bond donors (Lipinski definition) is 0. The average Bonchev–Trinajstić information content (AvgIpc) is 3.34. The standard InChI is InChI=1S/C36H22BN/c1-2-8-23(9-3-1)24-16-18-25(19-17-24)26-20-21-28-30-12-7-14-32-31-13-6-11-29-27-10-4-5-15-33(27)37(34(28)22-26)38(35(29)31)36(30)32/h1-22H. The van der Waals surface area contributed by atoms with Crippen molar-refractivity contribution in [3.05, 3.63) is 133 Å². The first-order valence-corrected chi connectivity index (χ1v) is 13.3. The van der Waals surface area contributed by atoms with Crippen LogP contribution in [0.5, 0.6) is 0 Å². The van der Waals surface area contributed by atoms with Gasteiger partial charge in [-0.25, -0.2) is 0 Å². The van der Waals surface area contributed by atoms with Crippen LogP contribution in [0, 0.1) is 0 Å². The first-order valence-electron chi connectivity index (χ1n) is 13.3. The molecule has 0 spiro atoms. The fraction of sp³-hybridized carbons (Fsp3) is 0. The maximum atomic E-state index is 2.63. The summed E-state index contributed by atoms with van der Waals surface area (Å²) >= 11 is 0. The van der Waals surface area contributed by atoms with Gasteiger partial charge in [0.1, 0.15) is 0 Å². The number of para-hydroxylation sites is 2. The molecule has 0 unspecified atom stereocenters. The summed E-state index contributed by atoms with van der Waals surface area (Å²) in [5, 5.41) is 2.70. The maximum absolute atomic E-state index is 2.63. The van der Waals surface area contributed by atoms with Gasteiger partial charge in [0.2, 0.25) is 0 Å². The number of aromatic nitrogens is 1. The van der Waals surface area contributed by atoms with Crippen molar-refractivity contribution in [1.82, 2.24) is 4.48 Å². The Morgan fingerprint density at radius 1 is 0.368 bits per heavy atom. The van der Waals surface area contributed by atoms with Gasteiger partial charge in [0.15, 0.2) is 0 Å². The molecule has 3 heterocycles. The lowest BCUT2D eigenvalue weighted by Crippen LogP contribution is -2.53. The van der Waals surface area contributed by atoms with Crippen molar-refractivity contribution in [3.63, 3.8) is 0 Å². The number of hydrogen-bond acceptors (Lipinski definition) is 0. The van der Waals surface area contributed by atoms with E-state index in [0.717, 1.165) is 0 Å². The second-order valence-electron chi connectivity index (χ2n) is 10.5. The molecule has 0 N–H and O–H groups in total. The highest BCUT2D eigenvalue weighted by Gasteiger charge is 2.38. The normalized spacial score (nSPS) is 12.7. The van der Waals surface area contributed by atoms with E-state index in [9.17, 15) is 0 Å². The van der Waals surface area contributed by atoms with Crippen LogP contribution < -0.4 is 10.9 Å². The summed E-state index contributed by atoms with van der Waals surface area (Å²) in [5.74, 6) is 0. The monoisotopic (exact) mass is 479 g/mol. The maximum Gasteiger partial charge on any atom is 0.329 e. The number of benzene rings is 6. The fourth-order valence-corrected chi connectivity index (χ4v) is 6.97. The minimum atomic E-state index is 0.162. The van der Waals surface area contributed by atoms with Crippen molar-refractivity contribution in [2.24, 2.45) is 0 Å². The van der Waals surface area contributed by atoms with E-state index in [1.54, 1.807) is 0 Å². The van der Waals surface area contributed by atoms with Crippen molar-refractivity contribution in [1.29, 1.82) is 0 Å². The Kier molecular flexibility index (Phi) is 3.93. The molecule has 174 valence electrons. The SMILES string of the molecule is c1ccc(-c2ccc(-c3ccc4c(c3)B3c5ccccc5-c5cccc6c7cccc-4c7n3c56)cc2)cc1. The van der Waals surface area contributed by atoms with E-state index in [0.29, 0.717) is 0 Å². The van der Waals surface area contributed by atoms with Crippen molar-refractivity contribution < 1.29 is 0 Å². The van der Waals surface area contributed by atoms with Crippen LogP contribution in [0.25, 0.3) is 66.3 Å². The Labute approximate surface area is 221 Å². The summed E-state index contributed by atoms with van der Waals surface area (Å²) in [6, 6.07) is 49.3. The molecule has 2 heteroatoms. The second kappa shape index (κ2) is 7.37. The largest absolute Gasteiger partial charge is 0.375 e. The molecule has 0 atom stereocenters. The third kappa shape index (κ3) is 2.57. The summed E-state index contributed by atoms with van der Waals surface area (Å²) < 4.78 is 2.63. The number of rotatable bonds is 2. The zero-order chi connectivity index (χ0) is 24.8. The van der Waals surface area contributed by atoms with Gasteiger partial charge < -0.3 is 4.48 Å². The summed E-state index contributed by atoms with van der Waals surface area (Å²) in [5.41, 5.74) is 15.9. The van der Waals surface area contributed by atoms with Crippen LogP contribution in [0.3, 0.4) is 0 Å². The molecule has 0 saturated heterocycles. The topological polar surface area (TPSA) is 4.93 Å². The third-order valence-electron chi connectivity index (χ3n) is 8.61. The van der Waals surface area contributed by atoms with E-state index in [4.69, 9.17) is 0 Å². The van der Waals surface area contributed by atoms with Gasteiger partial charge in [0.25, 0.3) is 0 Å². The predicted molar refractivity (Wildman–Crippen MR) is 162 cm³/mol. The van der Waals surface area contributed by atoms with Gasteiger partial charge in [0.05, 0.1) is 0 Å². The quantitative estimate of drug-likeness (QED) is 0.224. The molecule has 2 aliphatic rings. The first-order chi connectivity index (χ1) is 18.9. The highest BCUT2D eigenvalue weighted by Crippen LogP contribution is 2.44. The Morgan fingerprint density at radius 3 is 1.61 bits per heavy atom. The molecule has 0 fully saturated rings. The van der Waals surface area contributed by atoms with Gasteiger partial charge in [0, 0.05) is 32.9 Å². The van der Waals surface area contributed by atoms with Crippen LogP contribution >= 0.6 is 0 Å². The fourth-order valence-electron chi connectivity index (χ4n) is 6.97. The van der Waals surface area contributed by atoms with Gasteiger partial charge in [-0.1, -0.05) is 133 Å². The zero-order valence-corrected chi connectivity index (χ0v) is 20.7. The average molecular weight is 479 g/mol. The van der Waals surface area contributed by atoms with Crippen LogP contribution in [0.15, 0.2) is 133 Å². The number of fused-ring (bicyclic) bond motifs is 7. The first kappa shape index (κ1) is 20.3. The molecular weight excluding hydrogens is 457 g/mol. The molecule has 0 amide bonds. The number of nitrogens with zero attached hydrogens (tertiary/aromatic N) is 1. The van der Waals surface area contributed by atoms with Crippen LogP contribution in [-0.4, -0.2) is 11.3 Å². The molecule has 0 bridgehead atoms. The highest BCUT2D eigenvalue weighted by molar-refractivity contribution is 6.88. The predicted octanol–water partition coefficient (Wildman–Crippen LogP) is 7.74. The van der Waals surface area contributed by atoms with E-state index in [-0.39, 0.29) is 6.85 Å². The Bertz CT molecular complexity index is 2070. The summed E-state index contributed by atoms with van der Waals surface area (Å²) in [6.07, 6.45) is 0. The van der Waals surface area contributed by atoms with E-state index < -0.39 is 0 Å². The van der Waals surface area contributed by atoms with Crippen LogP contribution in [-0.2, 0) is 0 Å². The molecule has 1 nitrogen and oxygen atoms in total. The summed E-state index contributed by atoms with van der Waals surface area (Å²) in [6.45, 7) is 0.162. The minimum absolute atomic E-state index is 0.162. The Hall–Kier alpha value is -4.82. The molecule has 1 aromatic heterocycles. The molecule has 38 heavy (non-hydrogen) atoms. The lowest BCUT2D eigenvalue weighted by Gasteiger charge is -2.32. The molecule has 2 aliphatic heterocycles. The van der Waals surface area contributed by atoms with Gasteiger partial charge in [-0.05, 0) is 44.3 Å². The molecule has 0 radical (unpaired) electrons. The van der Waals surface area contributed by atoms with Crippen molar-refractivity contribution >= 4 is 39.6 Å². The van der Waals surface area contributed by atoms with E-state index in [2.05, 4.69) is 138 Å². The molecule has 0 saturated carbocycles. The third-order valence-corrected chi connectivity index (χ3v) is 8.61. The van der Waals surface area contributed by atoms with Crippen LogP contribution in [0.1, 0.15) is 0 Å². The van der Waals surface area contributed by atoms with E-state index in [1.807, 2.05) is 0 Å². The second-order valence-corrected chi connectivity index (χ2v) is 10.5. The van der Waals surface area contributed by atoms with Crippen molar-refractivity contribution in [2.75, 3.05) is 0 Å². The van der Waals surface area contributed by atoms with Crippen molar-refractivity contribution in [3.8, 4) is 44.5 Å². The summed E-state index contributed by atoms with van der Waals surface area (Å²) in [4.78, 5) is 0. The zero-order valence-electron chi connectivity index (χ0n) is 20.7. The van der Waals surface area contributed by atoms with Gasteiger partial charge in [-0.2, -0.15) is 0 Å². The van der Waals surface area contributed by atoms with Gasteiger partial charge >= 0.3 is 6.85 Å². The van der Waals surface area contributed by atoms with Gasteiger partial charge in [-0.3, -0.25) is 0 Å². The Balaban J connectivity index is 1.30. The molecular formula is C36H22BN. The lowest BCUT2D eigenvalue weighted by atomic mass is 9.45. The highest BCUT2D eigenvalue weighted by atomic mass is 14.9. The minimum Gasteiger partial charge on any atom is -0.375 e. The summed E-state index contributed by atoms with van der Waals surface area (Å²) in [7, 11) is 0. The van der Waals surface area contributed by atoms with Gasteiger partial charge in [-0.15, -0.1) is 0 Å². The molecule has 7 aromatic rings. The Morgan fingerprint density at radius 2 is 0.895 bits per heavy atom. The van der Waals surface area contributed by atoms with E-state index >= 15 is 0 Å². The molecule has 0 aliphatic carbocycles. The molecule has 9 rings (SSSR count). The van der Waals surface area contributed by atoms with Crippen LogP contribution in [0.4, 0.5) is 0 Å². The molecule has 6 aromatic carbocycles. The smallest absolute Gasteiger partial charge is 0.329 e. The van der Waals surface area contributed by atoms with Crippen molar-refractivity contribution in [2.45, 2.75) is 0 Å². The van der Waals surface area contributed by atoms with E-state index in [1.165, 1.54) is 77.2 Å². The van der Waals surface area contributed by atoms with Crippen LogP contribution in [0.2, 0.25) is 0 Å². The lowest BCUT2D eigenvalue weighted by molar-refractivity contribution is 1.31.